The molecule has 17 heavy (non-hydrogen) atoms. The number of aryl methyl sites for hydroxylation is 2. The topological polar surface area (TPSA) is 56.7 Å². The molecule has 0 aliphatic rings. The van der Waals surface area contributed by atoms with Gasteiger partial charge in [-0.05, 0) is 32.0 Å². The lowest BCUT2D eigenvalue weighted by molar-refractivity contribution is 0.563. The smallest absolute Gasteiger partial charge is 0.0597 e. The fourth-order valence-electron chi connectivity index (χ4n) is 1.97. The van der Waals surface area contributed by atoms with Crippen LogP contribution in [-0.2, 0) is 13.0 Å². The molecule has 0 aromatic carbocycles. The normalized spacial score (nSPS) is 12.6. The molecule has 0 bridgehead atoms. The average molecular weight is 230 g/mol. The zero-order valence-corrected chi connectivity index (χ0v) is 10.3. The van der Waals surface area contributed by atoms with Crippen LogP contribution >= 0.6 is 0 Å². The van der Waals surface area contributed by atoms with Crippen LogP contribution in [-0.4, -0.2) is 14.8 Å². The molecule has 2 aromatic heterocycles. The lowest BCUT2D eigenvalue weighted by Gasteiger charge is -2.12. The van der Waals surface area contributed by atoms with Gasteiger partial charge in [0.2, 0.25) is 0 Å². The Morgan fingerprint density at radius 1 is 1.41 bits per heavy atom. The molecule has 4 nitrogen and oxygen atoms in total. The predicted molar refractivity (Wildman–Crippen MR) is 67.5 cm³/mol. The Hall–Kier alpha value is -1.68. The number of hydrogen-bond donors (Lipinski definition) is 1. The number of hydrogen-bond acceptors (Lipinski definition) is 3. The van der Waals surface area contributed by atoms with E-state index in [-0.39, 0.29) is 6.04 Å². The van der Waals surface area contributed by atoms with Gasteiger partial charge in [0.15, 0.2) is 0 Å². The van der Waals surface area contributed by atoms with Crippen LogP contribution in [0.5, 0.6) is 0 Å². The van der Waals surface area contributed by atoms with Gasteiger partial charge >= 0.3 is 0 Å². The average Bonchev–Trinajstić information content (AvgIpc) is 2.72. The minimum Gasteiger partial charge on any atom is -0.322 e. The van der Waals surface area contributed by atoms with Crippen molar-refractivity contribution in [3.63, 3.8) is 0 Å². The monoisotopic (exact) mass is 230 g/mol. The zero-order valence-electron chi connectivity index (χ0n) is 10.3. The number of nitrogens with zero attached hydrogens (tertiary/aromatic N) is 3. The SMILES string of the molecule is CCn1nc(C)cc1C(N)Cc1ccccn1. The summed E-state index contributed by atoms with van der Waals surface area (Å²) in [6, 6.07) is 7.90. The van der Waals surface area contributed by atoms with Crippen molar-refractivity contribution >= 4 is 0 Å². The van der Waals surface area contributed by atoms with Gasteiger partial charge in [-0.25, -0.2) is 0 Å². The van der Waals surface area contributed by atoms with Crippen LogP contribution in [0.25, 0.3) is 0 Å². The zero-order chi connectivity index (χ0) is 12.3. The Balaban J connectivity index is 2.17. The van der Waals surface area contributed by atoms with Crippen LogP contribution in [0.1, 0.15) is 30.0 Å². The summed E-state index contributed by atoms with van der Waals surface area (Å²) in [5.41, 5.74) is 9.32. The molecule has 0 fully saturated rings. The molecule has 0 saturated heterocycles. The van der Waals surface area contributed by atoms with Crippen LogP contribution in [0.3, 0.4) is 0 Å². The van der Waals surface area contributed by atoms with E-state index < -0.39 is 0 Å². The molecule has 0 saturated carbocycles. The molecule has 2 aromatic rings. The van der Waals surface area contributed by atoms with Crippen molar-refractivity contribution in [1.29, 1.82) is 0 Å². The van der Waals surface area contributed by atoms with Crippen LogP contribution in [0.2, 0.25) is 0 Å². The maximum atomic E-state index is 6.22. The Labute approximate surface area is 101 Å². The van der Waals surface area contributed by atoms with Gasteiger partial charge in [0.1, 0.15) is 0 Å². The molecule has 0 aliphatic heterocycles. The lowest BCUT2D eigenvalue weighted by atomic mass is 10.1. The maximum absolute atomic E-state index is 6.22. The highest BCUT2D eigenvalue weighted by atomic mass is 15.3. The molecule has 90 valence electrons. The van der Waals surface area contributed by atoms with E-state index in [1.165, 1.54) is 0 Å². The van der Waals surface area contributed by atoms with Gasteiger partial charge in [0.05, 0.1) is 17.4 Å². The van der Waals surface area contributed by atoms with Crippen molar-refractivity contribution in [2.75, 3.05) is 0 Å². The standard InChI is InChI=1S/C13H18N4/c1-3-17-13(8-10(2)16-17)12(14)9-11-6-4-5-7-15-11/h4-8,12H,3,9,14H2,1-2H3. The highest BCUT2D eigenvalue weighted by Crippen LogP contribution is 2.16. The molecule has 1 atom stereocenters. The summed E-state index contributed by atoms with van der Waals surface area (Å²) in [4.78, 5) is 4.30. The third-order valence-electron chi connectivity index (χ3n) is 2.77. The van der Waals surface area contributed by atoms with Crippen LogP contribution in [0.4, 0.5) is 0 Å². The minimum atomic E-state index is -0.0500. The van der Waals surface area contributed by atoms with Gasteiger partial charge in [-0.2, -0.15) is 5.10 Å². The van der Waals surface area contributed by atoms with E-state index in [4.69, 9.17) is 5.73 Å². The Morgan fingerprint density at radius 2 is 2.24 bits per heavy atom. The molecule has 0 radical (unpaired) electrons. The number of pyridine rings is 1. The molecule has 2 rings (SSSR count). The van der Waals surface area contributed by atoms with Gasteiger partial charge in [0, 0.05) is 24.9 Å². The maximum Gasteiger partial charge on any atom is 0.0597 e. The first-order valence-corrected chi connectivity index (χ1v) is 5.90. The van der Waals surface area contributed by atoms with Gasteiger partial charge in [-0.15, -0.1) is 0 Å². The van der Waals surface area contributed by atoms with E-state index in [1.54, 1.807) is 6.20 Å². The number of aromatic nitrogens is 3. The van der Waals surface area contributed by atoms with Crippen molar-refractivity contribution in [2.45, 2.75) is 32.9 Å². The molecule has 0 aliphatic carbocycles. The molecule has 2 heterocycles. The minimum absolute atomic E-state index is 0.0500. The fraction of sp³-hybridized carbons (Fsp3) is 0.385. The van der Waals surface area contributed by atoms with Gasteiger partial charge in [0.25, 0.3) is 0 Å². The predicted octanol–water partition coefficient (Wildman–Crippen LogP) is 1.85. The first-order valence-electron chi connectivity index (χ1n) is 5.90. The molecule has 0 amide bonds. The molecule has 2 N–H and O–H groups in total. The van der Waals surface area contributed by atoms with E-state index in [0.29, 0.717) is 0 Å². The van der Waals surface area contributed by atoms with Crippen molar-refractivity contribution in [3.05, 3.63) is 47.5 Å². The number of rotatable bonds is 4. The second-order valence-electron chi connectivity index (χ2n) is 4.16. The van der Waals surface area contributed by atoms with E-state index in [2.05, 4.69) is 23.1 Å². The summed E-state index contributed by atoms with van der Waals surface area (Å²) in [7, 11) is 0. The van der Waals surface area contributed by atoms with Crippen molar-refractivity contribution in [3.8, 4) is 0 Å². The van der Waals surface area contributed by atoms with E-state index in [0.717, 1.165) is 30.0 Å². The van der Waals surface area contributed by atoms with E-state index in [1.807, 2.05) is 29.8 Å². The van der Waals surface area contributed by atoms with Gasteiger partial charge < -0.3 is 5.73 Å². The Kier molecular flexibility index (Phi) is 3.54. The van der Waals surface area contributed by atoms with Crippen LogP contribution in [0.15, 0.2) is 30.5 Å². The quantitative estimate of drug-likeness (QED) is 0.872. The highest BCUT2D eigenvalue weighted by molar-refractivity contribution is 5.16. The highest BCUT2D eigenvalue weighted by Gasteiger charge is 2.13. The summed E-state index contributed by atoms with van der Waals surface area (Å²) < 4.78 is 1.96. The Morgan fingerprint density at radius 3 is 2.88 bits per heavy atom. The molecular weight excluding hydrogens is 212 g/mol. The number of nitrogens with two attached hydrogens (primary N) is 1. The van der Waals surface area contributed by atoms with E-state index >= 15 is 0 Å². The summed E-state index contributed by atoms with van der Waals surface area (Å²) in [5.74, 6) is 0. The summed E-state index contributed by atoms with van der Waals surface area (Å²) >= 11 is 0. The first kappa shape index (κ1) is 11.8. The molecular formula is C13H18N4. The largest absolute Gasteiger partial charge is 0.322 e. The third kappa shape index (κ3) is 2.71. The fourth-order valence-corrected chi connectivity index (χ4v) is 1.97. The second kappa shape index (κ2) is 5.10. The van der Waals surface area contributed by atoms with Gasteiger partial charge in [-0.3, -0.25) is 9.67 Å². The van der Waals surface area contributed by atoms with Crippen molar-refractivity contribution in [2.24, 2.45) is 5.73 Å². The molecule has 0 spiro atoms. The van der Waals surface area contributed by atoms with Crippen molar-refractivity contribution < 1.29 is 0 Å². The molecule has 4 heteroatoms. The second-order valence-corrected chi connectivity index (χ2v) is 4.16. The van der Waals surface area contributed by atoms with Gasteiger partial charge in [-0.1, -0.05) is 6.07 Å². The van der Waals surface area contributed by atoms with E-state index in [9.17, 15) is 0 Å². The summed E-state index contributed by atoms with van der Waals surface area (Å²) in [6.07, 6.45) is 2.54. The summed E-state index contributed by atoms with van der Waals surface area (Å²) in [5, 5.41) is 4.41. The Bertz CT molecular complexity index is 475. The molecule has 1 unspecified atom stereocenters. The van der Waals surface area contributed by atoms with Crippen LogP contribution in [0, 0.1) is 6.92 Å². The van der Waals surface area contributed by atoms with Crippen LogP contribution < -0.4 is 5.73 Å². The van der Waals surface area contributed by atoms with Crippen molar-refractivity contribution in [1.82, 2.24) is 14.8 Å². The lowest BCUT2D eigenvalue weighted by Crippen LogP contribution is -2.18. The third-order valence-corrected chi connectivity index (χ3v) is 2.77. The summed E-state index contributed by atoms with van der Waals surface area (Å²) in [6.45, 7) is 4.91. The first-order chi connectivity index (χ1) is 8.20.